The van der Waals surface area contributed by atoms with Crippen LogP contribution in [0.4, 0.5) is 0 Å². The molecule has 54 valence electrons. The highest BCUT2D eigenvalue weighted by atomic mass is 32.1. The Balaban J connectivity index is 3.05. The molecule has 1 aromatic heterocycles. The minimum Gasteiger partial charge on any atom is -0.504 e. The molecule has 0 aliphatic rings. The second-order valence-electron chi connectivity index (χ2n) is 1.83. The van der Waals surface area contributed by atoms with Gasteiger partial charge in [-0.1, -0.05) is 6.08 Å². The van der Waals surface area contributed by atoms with Gasteiger partial charge in [0.2, 0.25) is 0 Å². The lowest BCUT2D eigenvalue weighted by molar-refractivity contribution is 0.407. The molecule has 10 heavy (non-hydrogen) atoms. The summed E-state index contributed by atoms with van der Waals surface area (Å²) in [7, 11) is 0. The molecule has 1 aromatic rings. The van der Waals surface area contributed by atoms with Crippen LogP contribution < -0.4 is 0 Å². The van der Waals surface area contributed by atoms with Gasteiger partial charge in [0, 0.05) is 5.38 Å². The molecule has 0 amide bonds. The summed E-state index contributed by atoms with van der Waals surface area (Å²) in [6.07, 6.45) is 3.56. The van der Waals surface area contributed by atoms with Gasteiger partial charge >= 0.3 is 0 Å². The van der Waals surface area contributed by atoms with Crippen molar-refractivity contribution in [3.05, 3.63) is 16.3 Å². The summed E-state index contributed by atoms with van der Waals surface area (Å²) in [4.78, 5) is 0.694. The summed E-state index contributed by atoms with van der Waals surface area (Å²) in [6, 6.07) is 0. The number of aromatic hydroxyl groups is 2. The maximum atomic E-state index is 9.08. The number of hydrogen-bond donors (Lipinski definition) is 2. The van der Waals surface area contributed by atoms with Gasteiger partial charge in [-0.3, -0.25) is 0 Å². The Morgan fingerprint density at radius 2 is 2.20 bits per heavy atom. The zero-order valence-corrected chi connectivity index (χ0v) is 6.35. The number of hydrogen-bond acceptors (Lipinski definition) is 3. The predicted octanol–water partition coefficient (Wildman–Crippen LogP) is 2.19. The van der Waals surface area contributed by atoms with Crippen LogP contribution in [0.15, 0.2) is 11.5 Å². The molecule has 0 fully saturated rings. The van der Waals surface area contributed by atoms with Gasteiger partial charge in [0.05, 0.1) is 4.88 Å². The molecule has 2 N–H and O–H groups in total. The maximum Gasteiger partial charge on any atom is 0.175 e. The van der Waals surface area contributed by atoms with Gasteiger partial charge < -0.3 is 10.2 Å². The Kier molecular flexibility index (Phi) is 1.97. The average molecular weight is 156 g/mol. The van der Waals surface area contributed by atoms with Crippen molar-refractivity contribution in [3.63, 3.8) is 0 Å². The molecule has 0 spiro atoms. The van der Waals surface area contributed by atoms with Crippen LogP contribution in [0.2, 0.25) is 0 Å². The standard InChI is InChI=1S/C7H8O2S/c1-2-3-6-7(9)5(8)4-10-6/h2-4,8-9H,1H3/b3-2+. The first kappa shape index (κ1) is 7.15. The molecule has 0 saturated carbocycles. The largest absolute Gasteiger partial charge is 0.504 e. The van der Waals surface area contributed by atoms with Gasteiger partial charge in [0.15, 0.2) is 11.5 Å². The van der Waals surface area contributed by atoms with Crippen molar-refractivity contribution >= 4 is 17.4 Å². The highest BCUT2D eigenvalue weighted by molar-refractivity contribution is 7.11. The van der Waals surface area contributed by atoms with Crippen LogP contribution in [0.1, 0.15) is 11.8 Å². The Morgan fingerprint density at radius 3 is 2.60 bits per heavy atom. The molecule has 0 aromatic carbocycles. The quantitative estimate of drug-likeness (QED) is 0.654. The summed E-state index contributed by atoms with van der Waals surface area (Å²) in [5.41, 5.74) is 0. The van der Waals surface area contributed by atoms with Crippen molar-refractivity contribution in [1.29, 1.82) is 0 Å². The zero-order valence-electron chi connectivity index (χ0n) is 5.53. The molecule has 3 heteroatoms. The van der Waals surface area contributed by atoms with E-state index in [-0.39, 0.29) is 11.5 Å². The van der Waals surface area contributed by atoms with Crippen molar-refractivity contribution < 1.29 is 10.2 Å². The second-order valence-corrected chi connectivity index (χ2v) is 2.75. The topological polar surface area (TPSA) is 40.5 Å². The van der Waals surface area contributed by atoms with E-state index < -0.39 is 0 Å². The van der Waals surface area contributed by atoms with E-state index in [9.17, 15) is 0 Å². The van der Waals surface area contributed by atoms with E-state index >= 15 is 0 Å². The maximum absolute atomic E-state index is 9.08. The fourth-order valence-corrected chi connectivity index (χ4v) is 1.41. The predicted molar refractivity (Wildman–Crippen MR) is 42.4 cm³/mol. The molecule has 2 nitrogen and oxygen atoms in total. The molecule has 0 radical (unpaired) electrons. The third-order valence-electron chi connectivity index (χ3n) is 1.09. The SMILES string of the molecule is C/C=C/c1scc(O)c1O. The molecular weight excluding hydrogens is 148 g/mol. The lowest BCUT2D eigenvalue weighted by Crippen LogP contribution is -1.61. The number of rotatable bonds is 1. The van der Waals surface area contributed by atoms with E-state index in [4.69, 9.17) is 10.2 Å². The fourth-order valence-electron chi connectivity index (χ4n) is 0.627. The van der Waals surface area contributed by atoms with E-state index in [1.54, 1.807) is 6.08 Å². The Hall–Kier alpha value is -0.960. The summed E-state index contributed by atoms with van der Waals surface area (Å²) in [5, 5.41) is 19.5. The first-order valence-corrected chi connectivity index (χ1v) is 3.75. The van der Waals surface area contributed by atoms with Gasteiger partial charge in [0.1, 0.15) is 0 Å². The van der Waals surface area contributed by atoms with Crippen LogP contribution in [0.3, 0.4) is 0 Å². The highest BCUT2D eigenvalue weighted by Gasteiger charge is 2.04. The zero-order chi connectivity index (χ0) is 7.56. The number of thiophene rings is 1. The molecule has 0 atom stereocenters. The summed E-state index contributed by atoms with van der Waals surface area (Å²) in [6.45, 7) is 1.86. The van der Waals surface area contributed by atoms with Crippen molar-refractivity contribution in [2.45, 2.75) is 6.92 Å². The smallest absolute Gasteiger partial charge is 0.175 e. The van der Waals surface area contributed by atoms with Gasteiger partial charge in [-0.25, -0.2) is 0 Å². The van der Waals surface area contributed by atoms with Gasteiger partial charge in [0.25, 0.3) is 0 Å². The van der Waals surface area contributed by atoms with Crippen LogP contribution in [-0.4, -0.2) is 10.2 Å². The third kappa shape index (κ3) is 1.14. The first-order valence-electron chi connectivity index (χ1n) is 2.88. The Labute approximate surface area is 63.1 Å². The van der Waals surface area contributed by atoms with Crippen molar-refractivity contribution in [2.75, 3.05) is 0 Å². The van der Waals surface area contributed by atoms with Crippen molar-refractivity contribution in [1.82, 2.24) is 0 Å². The fraction of sp³-hybridized carbons (Fsp3) is 0.143. The van der Waals surface area contributed by atoms with Crippen LogP contribution in [0.5, 0.6) is 11.5 Å². The van der Waals surface area contributed by atoms with E-state index in [1.165, 1.54) is 16.7 Å². The normalized spacial score (nSPS) is 10.9. The molecule has 1 rings (SSSR count). The molecule has 0 bridgehead atoms. The molecule has 0 aliphatic carbocycles. The molecule has 0 saturated heterocycles. The molecular formula is C7H8O2S. The minimum atomic E-state index is -0.0434. The Bertz CT molecular complexity index is 250. The Morgan fingerprint density at radius 1 is 1.50 bits per heavy atom. The van der Waals surface area contributed by atoms with Crippen molar-refractivity contribution in [3.8, 4) is 11.5 Å². The van der Waals surface area contributed by atoms with Gasteiger partial charge in [-0.2, -0.15) is 0 Å². The van der Waals surface area contributed by atoms with Crippen LogP contribution in [-0.2, 0) is 0 Å². The van der Waals surface area contributed by atoms with Crippen LogP contribution in [0, 0.1) is 0 Å². The van der Waals surface area contributed by atoms with E-state index in [2.05, 4.69) is 0 Å². The molecule has 1 heterocycles. The summed E-state index contributed by atoms with van der Waals surface area (Å²) in [5.74, 6) is -0.0683. The lowest BCUT2D eigenvalue weighted by Gasteiger charge is -1.87. The molecule has 0 aliphatic heterocycles. The van der Waals surface area contributed by atoms with Gasteiger partial charge in [-0.15, -0.1) is 11.3 Å². The molecule has 0 unspecified atom stereocenters. The van der Waals surface area contributed by atoms with E-state index in [0.717, 1.165) is 0 Å². The lowest BCUT2D eigenvalue weighted by atomic mass is 10.4. The number of allylic oxidation sites excluding steroid dienone is 1. The van der Waals surface area contributed by atoms with E-state index in [1.807, 2.05) is 13.0 Å². The summed E-state index contributed by atoms with van der Waals surface area (Å²) < 4.78 is 0. The first-order chi connectivity index (χ1) is 4.75. The van der Waals surface area contributed by atoms with Crippen LogP contribution in [0.25, 0.3) is 6.08 Å². The minimum absolute atomic E-state index is 0.0249. The van der Waals surface area contributed by atoms with E-state index in [0.29, 0.717) is 4.88 Å². The van der Waals surface area contributed by atoms with Crippen molar-refractivity contribution in [2.24, 2.45) is 0 Å². The second kappa shape index (κ2) is 2.75. The monoisotopic (exact) mass is 156 g/mol. The average Bonchev–Trinajstić information content (AvgIpc) is 2.20. The van der Waals surface area contributed by atoms with Crippen LogP contribution >= 0.6 is 11.3 Å². The highest BCUT2D eigenvalue weighted by Crippen LogP contribution is 2.35. The third-order valence-corrected chi connectivity index (χ3v) is 2.02. The summed E-state index contributed by atoms with van der Waals surface area (Å²) >= 11 is 1.31. The van der Waals surface area contributed by atoms with Gasteiger partial charge in [-0.05, 0) is 13.0 Å².